The molecule has 6 heteroatoms. The second kappa shape index (κ2) is 5.46. The van der Waals surface area contributed by atoms with E-state index in [1.807, 2.05) is 0 Å². The smallest absolute Gasteiger partial charge is 0.416 e. The van der Waals surface area contributed by atoms with Crippen LogP contribution in [-0.2, 0) is 10.9 Å². The van der Waals surface area contributed by atoms with E-state index >= 15 is 0 Å². The van der Waals surface area contributed by atoms with Crippen LogP contribution in [0, 0.1) is 0 Å². The first-order valence-corrected chi connectivity index (χ1v) is 6.77. The van der Waals surface area contributed by atoms with Gasteiger partial charge in [-0.2, -0.15) is 13.2 Å². The van der Waals surface area contributed by atoms with Crippen LogP contribution in [0.1, 0.15) is 15.9 Å². The van der Waals surface area contributed by atoms with Crippen LogP contribution in [0.2, 0.25) is 0 Å². The monoisotopic (exact) mass is 319 g/mol. The molecule has 0 unspecified atom stereocenters. The predicted molar refractivity (Wildman–Crippen MR) is 80.1 cm³/mol. The van der Waals surface area contributed by atoms with Gasteiger partial charge >= 0.3 is 12.1 Å². The van der Waals surface area contributed by atoms with Crippen LogP contribution in [0.3, 0.4) is 0 Å². The Balaban J connectivity index is 2.05. The summed E-state index contributed by atoms with van der Waals surface area (Å²) in [4.78, 5) is 14.6. The zero-order valence-corrected chi connectivity index (χ0v) is 12.1. The maximum Gasteiger partial charge on any atom is 0.416 e. The number of alkyl halides is 3. The van der Waals surface area contributed by atoms with Crippen molar-refractivity contribution in [2.45, 2.75) is 6.18 Å². The Morgan fingerprint density at radius 1 is 1.09 bits per heavy atom. The van der Waals surface area contributed by atoms with Gasteiger partial charge in [0.2, 0.25) is 0 Å². The van der Waals surface area contributed by atoms with Crippen molar-refractivity contribution in [3.63, 3.8) is 0 Å². The number of carbonyl (C=O) groups is 1. The van der Waals surface area contributed by atoms with Gasteiger partial charge in [0, 0.05) is 16.6 Å². The maximum absolute atomic E-state index is 12.8. The topological polar surface area (TPSA) is 42.1 Å². The molecule has 1 aromatic heterocycles. The summed E-state index contributed by atoms with van der Waals surface area (Å²) in [7, 11) is 1.29. The fourth-order valence-corrected chi connectivity index (χ4v) is 2.39. The first-order valence-electron chi connectivity index (χ1n) is 6.77. The standard InChI is InChI=1S/C17H12F3NO2/c1-23-16(22)12-6-5-11-8-14(21-15(11)9-12)10-3-2-4-13(7-10)17(18,19)20/h2-9,21H,1H3. The average Bonchev–Trinajstić information content (AvgIpc) is 2.96. The summed E-state index contributed by atoms with van der Waals surface area (Å²) in [5, 5.41) is 0.796. The predicted octanol–water partition coefficient (Wildman–Crippen LogP) is 4.64. The van der Waals surface area contributed by atoms with E-state index in [0.717, 1.165) is 17.5 Å². The number of carbonyl (C=O) groups excluding carboxylic acids is 1. The zero-order valence-electron chi connectivity index (χ0n) is 12.1. The van der Waals surface area contributed by atoms with Gasteiger partial charge in [0.05, 0.1) is 18.2 Å². The van der Waals surface area contributed by atoms with E-state index in [-0.39, 0.29) is 0 Å². The number of nitrogens with one attached hydrogen (secondary N) is 1. The van der Waals surface area contributed by atoms with Crippen molar-refractivity contribution in [3.8, 4) is 11.3 Å². The minimum Gasteiger partial charge on any atom is -0.465 e. The number of methoxy groups -OCH3 is 1. The quantitative estimate of drug-likeness (QED) is 0.699. The molecule has 0 aliphatic carbocycles. The van der Waals surface area contributed by atoms with Crippen molar-refractivity contribution in [1.29, 1.82) is 0 Å². The van der Waals surface area contributed by atoms with Crippen molar-refractivity contribution in [3.05, 3.63) is 59.7 Å². The van der Waals surface area contributed by atoms with Gasteiger partial charge in [-0.3, -0.25) is 0 Å². The molecular weight excluding hydrogens is 307 g/mol. The number of benzene rings is 2. The molecule has 0 bridgehead atoms. The average molecular weight is 319 g/mol. The van der Waals surface area contributed by atoms with E-state index in [0.29, 0.717) is 22.3 Å². The molecule has 0 radical (unpaired) electrons. The van der Waals surface area contributed by atoms with E-state index in [1.54, 1.807) is 30.3 Å². The molecule has 3 aromatic rings. The number of hydrogen-bond donors (Lipinski definition) is 1. The van der Waals surface area contributed by atoms with Gasteiger partial charge in [-0.1, -0.05) is 18.2 Å². The lowest BCUT2D eigenvalue weighted by Crippen LogP contribution is -2.04. The van der Waals surface area contributed by atoms with Gasteiger partial charge in [-0.25, -0.2) is 4.79 Å². The molecule has 0 fully saturated rings. The summed E-state index contributed by atoms with van der Waals surface area (Å²) in [6, 6.07) is 11.8. The number of esters is 1. The molecule has 0 saturated heterocycles. The highest BCUT2D eigenvalue weighted by Crippen LogP contribution is 2.33. The normalized spacial score (nSPS) is 11.7. The minimum absolute atomic E-state index is 0.373. The maximum atomic E-state index is 12.8. The second-order valence-corrected chi connectivity index (χ2v) is 5.06. The van der Waals surface area contributed by atoms with Crippen LogP contribution >= 0.6 is 0 Å². The minimum atomic E-state index is -4.39. The molecule has 118 valence electrons. The summed E-state index contributed by atoms with van der Waals surface area (Å²) in [5.74, 6) is -0.470. The zero-order chi connectivity index (χ0) is 16.6. The Bertz CT molecular complexity index is 881. The summed E-state index contributed by atoms with van der Waals surface area (Å²) in [6.07, 6.45) is -4.39. The number of H-pyrrole nitrogens is 1. The highest BCUT2D eigenvalue weighted by molar-refractivity contribution is 5.95. The third-order valence-electron chi connectivity index (χ3n) is 3.54. The lowest BCUT2D eigenvalue weighted by Gasteiger charge is -2.07. The fourth-order valence-electron chi connectivity index (χ4n) is 2.39. The van der Waals surface area contributed by atoms with Crippen LogP contribution in [0.15, 0.2) is 48.5 Å². The van der Waals surface area contributed by atoms with Gasteiger partial charge in [0.15, 0.2) is 0 Å². The van der Waals surface area contributed by atoms with Gasteiger partial charge in [0.25, 0.3) is 0 Å². The van der Waals surface area contributed by atoms with Gasteiger partial charge in [-0.15, -0.1) is 0 Å². The highest BCUT2D eigenvalue weighted by atomic mass is 19.4. The molecule has 0 amide bonds. The number of aromatic nitrogens is 1. The molecule has 0 atom stereocenters. The number of ether oxygens (including phenoxy) is 1. The molecule has 0 aliphatic heterocycles. The highest BCUT2D eigenvalue weighted by Gasteiger charge is 2.30. The molecular formula is C17H12F3NO2. The van der Waals surface area contributed by atoms with Crippen LogP contribution in [0.25, 0.3) is 22.2 Å². The van der Waals surface area contributed by atoms with Gasteiger partial charge < -0.3 is 9.72 Å². The molecule has 23 heavy (non-hydrogen) atoms. The lowest BCUT2D eigenvalue weighted by atomic mass is 10.1. The van der Waals surface area contributed by atoms with E-state index in [9.17, 15) is 18.0 Å². The fraction of sp³-hybridized carbons (Fsp3) is 0.118. The van der Waals surface area contributed by atoms with E-state index in [1.165, 1.54) is 13.2 Å². The van der Waals surface area contributed by atoms with Crippen molar-refractivity contribution >= 4 is 16.9 Å². The molecule has 2 aromatic carbocycles. The summed E-state index contributed by atoms with van der Waals surface area (Å²) < 4.78 is 43.1. The molecule has 0 spiro atoms. The van der Waals surface area contributed by atoms with Crippen LogP contribution in [0.4, 0.5) is 13.2 Å². The Labute approximate surface area is 129 Å². The van der Waals surface area contributed by atoms with Crippen molar-refractivity contribution < 1.29 is 22.7 Å². The SMILES string of the molecule is COC(=O)c1ccc2cc(-c3cccc(C(F)(F)F)c3)[nH]c2c1. The first kappa shape index (κ1) is 15.1. The van der Waals surface area contributed by atoms with E-state index < -0.39 is 17.7 Å². The first-order chi connectivity index (χ1) is 10.9. The molecule has 1 N–H and O–H groups in total. The molecule has 0 saturated carbocycles. The summed E-state index contributed by atoms with van der Waals surface area (Å²) in [5.41, 5.74) is 1.30. The Morgan fingerprint density at radius 2 is 1.87 bits per heavy atom. The van der Waals surface area contributed by atoms with Gasteiger partial charge in [0.1, 0.15) is 0 Å². The largest absolute Gasteiger partial charge is 0.465 e. The molecule has 3 rings (SSSR count). The molecule has 3 nitrogen and oxygen atoms in total. The molecule has 1 heterocycles. The Hall–Kier alpha value is -2.76. The van der Waals surface area contributed by atoms with Crippen molar-refractivity contribution in [2.75, 3.05) is 7.11 Å². The van der Waals surface area contributed by atoms with E-state index in [2.05, 4.69) is 9.72 Å². The number of rotatable bonds is 2. The summed E-state index contributed by atoms with van der Waals surface area (Å²) >= 11 is 0. The number of hydrogen-bond acceptors (Lipinski definition) is 2. The van der Waals surface area contributed by atoms with Crippen LogP contribution in [0.5, 0.6) is 0 Å². The second-order valence-electron chi connectivity index (χ2n) is 5.06. The van der Waals surface area contributed by atoms with Crippen LogP contribution in [-0.4, -0.2) is 18.1 Å². The van der Waals surface area contributed by atoms with Crippen molar-refractivity contribution in [2.24, 2.45) is 0 Å². The Kier molecular flexibility index (Phi) is 3.60. The Morgan fingerprint density at radius 3 is 2.57 bits per heavy atom. The number of halogens is 3. The summed E-state index contributed by atoms with van der Waals surface area (Å²) in [6.45, 7) is 0. The number of aromatic amines is 1. The third-order valence-corrected chi connectivity index (χ3v) is 3.54. The third kappa shape index (κ3) is 2.92. The number of fused-ring (bicyclic) bond motifs is 1. The van der Waals surface area contributed by atoms with Gasteiger partial charge in [-0.05, 0) is 35.9 Å². The lowest BCUT2D eigenvalue weighted by molar-refractivity contribution is -0.137. The molecule has 0 aliphatic rings. The van der Waals surface area contributed by atoms with E-state index in [4.69, 9.17) is 0 Å². The van der Waals surface area contributed by atoms with Crippen molar-refractivity contribution in [1.82, 2.24) is 4.98 Å². The van der Waals surface area contributed by atoms with Crippen LogP contribution < -0.4 is 0 Å².